The summed E-state index contributed by atoms with van der Waals surface area (Å²) in [6.07, 6.45) is 1.18. The first-order valence-electron chi connectivity index (χ1n) is 8.33. The Balaban J connectivity index is 1.99. The van der Waals surface area contributed by atoms with Crippen molar-refractivity contribution in [3.63, 3.8) is 0 Å². The molecular weight excluding hydrogens is 274 g/mol. The number of nitrogens with zero attached hydrogens (tertiary/aromatic N) is 2. The number of hydrogen-bond donors (Lipinski definition) is 1. The van der Waals surface area contributed by atoms with E-state index in [1.807, 2.05) is 0 Å². The normalized spacial score (nSPS) is 22.7. The molecule has 0 saturated carbocycles. The van der Waals surface area contributed by atoms with Gasteiger partial charge in [0.1, 0.15) is 0 Å². The maximum atomic E-state index is 5.10. The molecule has 0 aliphatic carbocycles. The van der Waals surface area contributed by atoms with Crippen molar-refractivity contribution in [1.29, 1.82) is 0 Å². The molecule has 0 amide bonds. The predicted octanol–water partition coefficient (Wildman–Crippen LogP) is 2.72. The first kappa shape index (κ1) is 16.8. The molecule has 1 aromatic rings. The molecule has 1 saturated heterocycles. The van der Waals surface area contributed by atoms with E-state index >= 15 is 0 Å². The second-order valence-corrected chi connectivity index (χ2v) is 5.96. The molecule has 22 heavy (non-hydrogen) atoms. The number of guanidine groups is 1. The molecule has 0 radical (unpaired) electrons. The van der Waals surface area contributed by atoms with Crippen LogP contribution in [-0.4, -0.2) is 50.8 Å². The highest BCUT2D eigenvalue weighted by Gasteiger charge is 2.28. The van der Waals surface area contributed by atoms with E-state index in [0.717, 1.165) is 25.6 Å². The van der Waals surface area contributed by atoms with Gasteiger partial charge >= 0.3 is 0 Å². The Morgan fingerprint density at radius 2 is 2.14 bits per heavy atom. The van der Waals surface area contributed by atoms with Crippen molar-refractivity contribution in [3.05, 3.63) is 35.9 Å². The summed E-state index contributed by atoms with van der Waals surface area (Å²) in [5.41, 5.74) is 1.47. The smallest absolute Gasteiger partial charge is 0.194 e. The van der Waals surface area contributed by atoms with Crippen LogP contribution in [0.1, 0.15) is 31.7 Å². The zero-order chi connectivity index (χ0) is 15.8. The highest BCUT2D eigenvalue weighted by Crippen LogP contribution is 2.32. The van der Waals surface area contributed by atoms with Gasteiger partial charge in [-0.3, -0.25) is 4.99 Å². The van der Waals surface area contributed by atoms with Crippen LogP contribution >= 0.6 is 0 Å². The van der Waals surface area contributed by atoms with Gasteiger partial charge in [-0.1, -0.05) is 37.3 Å². The maximum Gasteiger partial charge on any atom is 0.194 e. The second kappa shape index (κ2) is 8.79. The lowest BCUT2D eigenvalue weighted by molar-refractivity contribution is 0.205. The molecule has 2 unspecified atom stereocenters. The molecule has 0 aromatic heterocycles. The quantitative estimate of drug-likeness (QED) is 0.516. The zero-order valence-corrected chi connectivity index (χ0v) is 14.1. The van der Waals surface area contributed by atoms with Crippen molar-refractivity contribution < 1.29 is 4.74 Å². The van der Waals surface area contributed by atoms with E-state index in [9.17, 15) is 0 Å². The fourth-order valence-corrected chi connectivity index (χ4v) is 3.20. The Morgan fingerprint density at radius 3 is 2.77 bits per heavy atom. The van der Waals surface area contributed by atoms with Crippen molar-refractivity contribution in [2.24, 2.45) is 10.9 Å². The molecule has 1 aromatic carbocycles. The topological polar surface area (TPSA) is 36.9 Å². The van der Waals surface area contributed by atoms with Crippen molar-refractivity contribution in [3.8, 4) is 0 Å². The lowest BCUT2D eigenvalue weighted by atomic mass is 9.82. The number of aliphatic imine (C=N–C) groups is 1. The van der Waals surface area contributed by atoms with Crippen molar-refractivity contribution in [2.45, 2.75) is 26.2 Å². The van der Waals surface area contributed by atoms with E-state index in [0.29, 0.717) is 25.0 Å². The SMILES string of the molecule is CCNC(=NCCOC)N1CCC(c2ccccc2)C(C)C1. The third-order valence-electron chi connectivity index (χ3n) is 4.32. The van der Waals surface area contributed by atoms with Gasteiger partial charge in [0.2, 0.25) is 0 Å². The number of nitrogens with one attached hydrogen (secondary N) is 1. The molecule has 0 spiro atoms. The van der Waals surface area contributed by atoms with Crippen LogP contribution in [-0.2, 0) is 4.74 Å². The number of ether oxygens (including phenoxy) is 1. The van der Waals surface area contributed by atoms with Crippen LogP contribution in [0, 0.1) is 5.92 Å². The van der Waals surface area contributed by atoms with Gasteiger partial charge in [0.05, 0.1) is 13.2 Å². The van der Waals surface area contributed by atoms with Crippen LogP contribution in [0.5, 0.6) is 0 Å². The molecule has 1 N–H and O–H groups in total. The summed E-state index contributed by atoms with van der Waals surface area (Å²) in [5.74, 6) is 2.31. The lowest BCUT2D eigenvalue weighted by Crippen LogP contribution is -2.48. The fourth-order valence-electron chi connectivity index (χ4n) is 3.20. The van der Waals surface area contributed by atoms with Gasteiger partial charge in [0, 0.05) is 26.7 Å². The van der Waals surface area contributed by atoms with Crippen LogP contribution in [0.3, 0.4) is 0 Å². The average molecular weight is 303 g/mol. The summed E-state index contributed by atoms with van der Waals surface area (Å²) in [7, 11) is 1.72. The van der Waals surface area contributed by atoms with Crippen LogP contribution < -0.4 is 5.32 Å². The molecule has 2 rings (SSSR count). The van der Waals surface area contributed by atoms with Crippen molar-refractivity contribution in [1.82, 2.24) is 10.2 Å². The predicted molar refractivity (Wildman–Crippen MR) is 92.4 cm³/mol. The van der Waals surface area contributed by atoms with E-state index in [-0.39, 0.29) is 0 Å². The zero-order valence-electron chi connectivity index (χ0n) is 14.1. The van der Waals surface area contributed by atoms with E-state index in [2.05, 4.69) is 59.4 Å². The Hall–Kier alpha value is -1.55. The maximum absolute atomic E-state index is 5.10. The summed E-state index contributed by atoms with van der Waals surface area (Å²) >= 11 is 0. The Morgan fingerprint density at radius 1 is 1.36 bits per heavy atom. The van der Waals surface area contributed by atoms with Gasteiger partial charge < -0.3 is 15.0 Å². The number of benzene rings is 1. The molecule has 2 atom stereocenters. The molecule has 4 heteroatoms. The summed E-state index contributed by atoms with van der Waals surface area (Å²) in [6.45, 7) is 8.87. The average Bonchev–Trinajstić information content (AvgIpc) is 2.55. The highest BCUT2D eigenvalue weighted by atomic mass is 16.5. The lowest BCUT2D eigenvalue weighted by Gasteiger charge is -2.39. The summed E-state index contributed by atoms with van der Waals surface area (Å²) in [4.78, 5) is 7.06. The fraction of sp³-hybridized carbons (Fsp3) is 0.611. The molecular formula is C18H29N3O. The van der Waals surface area contributed by atoms with Gasteiger partial charge in [-0.2, -0.15) is 0 Å². The minimum absolute atomic E-state index is 0.627. The molecule has 1 heterocycles. The van der Waals surface area contributed by atoms with E-state index in [1.165, 1.54) is 12.0 Å². The highest BCUT2D eigenvalue weighted by molar-refractivity contribution is 5.80. The number of piperidine rings is 1. The Labute approximate surface area is 134 Å². The van der Waals surface area contributed by atoms with E-state index in [4.69, 9.17) is 4.74 Å². The molecule has 4 nitrogen and oxygen atoms in total. The van der Waals surface area contributed by atoms with Crippen molar-refractivity contribution in [2.75, 3.05) is 39.9 Å². The Kier molecular flexibility index (Phi) is 6.72. The third-order valence-corrected chi connectivity index (χ3v) is 4.32. The molecule has 0 bridgehead atoms. The van der Waals surface area contributed by atoms with Crippen LogP contribution in [0.4, 0.5) is 0 Å². The first-order chi connectivity index (χ1) is 10.8. The first-order valence-corrected chi connectivity index (χ1v) is 8.33. The number of rotatable bonds is 5. The van der Waals surface area contributed by atoms with E-state index in [1.54, 1.807) is 7.11 Å². The summed E-state index contributed by atoms with van der Waals surface area (Å²) < 4.78 is 5.10. The van der Waals surface area contributed by atoms with Gasteiger partial charge in [-0.15, -0.1) is 0 Å². The summed E-state index contributed by atoms with van der Waals surface area (Å²) in [6, 6.07) is 10.9. The molecule has 1 aliphatic heterocycles. The molecule has 122 valence electrons. The largest absolute Gasteiger partial charge is 0.383 e. The Bertz CT molecular complexity index is 461. The van der Waals surface area contributed by atoms with E-state index < -0.39 is 0 Å². The number of likely N-dealkylation sites (tertiary alicyclic amines) is 1. The van der Waals surface area contributed by atoms with Gasteiger partial charge in [-0.05, 0) is 30.7 Å². The third kappa shape index (κ3) is 4.47. The monoisotopic (exact) mass is 303 g/mol. The minimum Gasteiger partial charge on any atom is -0.383 e. The van der Waals surface area contributed by atoms with Crippen LogP contribution in [0.2, 0.25) is 0 Å². The van der Waals surface area contributed by atoms with Gasteiger partial charge in [-0.25, -0.2) is 0 Å². The molecule has 1 fully saturated rings. The van der Waals surface area contributed by atoms with Crippen molar-refractivity contribution >= 4 is 5.96 Å². The van der Waals surface area contributed by atoms with Gasteiger partial charge in [0.15, 0.2) is 5.96 Å². The standard InChI is InChI=1S/C18H29N3O/c1-4-19-18(20-11-13-22-3)21-12-10-17(15(2)14-21)16-8-6-5-7-9-16/h5-9,15,17H,4,10-14H2,1-3H3,(H,19,20). The van der Waals surface area contributed by atoms with Gasteiger partial charge in [0.25, 0.3) is 0 Å². The van der Waals surface area contributed by atoms with Crippen LogP contribution in [0.15, 0.2) is 35.3 Å². The number of hydrogen-bond acceptors (Lipinski definition) is 2. The minimum atomic E-state index is 0.627. The van der Waals surface area contributed by atoms with Crippen LogP contribution in [0.25, 0.3) is 0 Å². The summed E-state index contributed by atoms with van der Waals surface area (Å²) in [5, 5.41) is 3.41. The second-order valence-electron chi connectivity index (χ2n) is 5.96. The molecule has 1 aliphatic rings. The number of methoxy groups -OCH3 is 1.